The second-order valence-corrected chi connectivity index (χ2v) is 8.25. The predicted octanol–water partition coefficient (Wildman–Crippen LogP) is 3.39. The van der Waals surface area contributed by atoms with Gasteiger partial charge in [0.25, 0.3) is 0 Å². The maximum absolute atomic E-state index is 12.7. The van der Waals surface area contributed by atoms with E-state index in [1.165, 1.54) is 25.7 Å². The third-order valence-corrected chi connectivity index (χ3v) is 5.79. The molecule has 0 aromatic carbocycles. The Balaban J connectivity index is 0.00000312. The van der Waals surface area contributed by atoms with Gasteiger partial charge in [0.2, 0.25) is 5.91 Å². The smallest absolute Gasteiger partial charge is 0.230 e. The van der Waals surface area contributed by atoms with E-state index in [9.17, 15) is 4.79 Å². The summed E-state index contributed by atoms with van der Waals surface area (Å²) >= 11 is 0. The maximum atomic E-state index is 12.7. The zero-order valence-electron chi connectivity index (χ0n) is 16.5. The fraction of sp³-hybridized carbons (Fsp3) is 0.895. The Kier molecular flexibility index (Phi) is 8.98. The van der Waals surface area contributed by atoms with Gasteiger partial charge in [-0.1, -0.05) is 32.6 Å². The molecule has 0 atom stereocenters. The molecule has 0 heterocycles. The summed E-state index contributed by atoms with van der Waals surface area (Å²) in [7, 11) is 3.73. The molecule has 6 heteroatoms. The molecule has 0 radical (unpaired) electrons. The number of aliphatic imine (C=N–C) groups is 1. The van der Waals surface area contributed by atoms with Gasteiger partial charge < -0.3 is 15.5 Å². The van der Waals surface area contributed by atoms with E-state index in [1.807, 2.05) is 14.1 Å². The van der Waals surface area contributed by atoms with E-state index in [0.717, 1.165) is 44.7 Å². The Morgan fingerprint density at radius 2 is 1.60 bits per heavy atom. The fourth-order valence-electron chi connectivity index (χ4n) is 4.24. The van der Waals surface area contributed by atoms with Crippen molar-refractivity contribution in [1.82, 2.24) is 15.5 Å². The van der Waals surface area contributed by atoms with Gasteiger partial charge >= 0.3 is 0 Å². The molecule has 2 saturated carbocycles. The average molecular weight is 464 g/mol. The van der Waals surface area contributed by atoms with E-state index in [2.05, 4.69) is 24.5 Å². The van der Waals surface area contributed by atoms with Crippen molar-refractivity contribution in [3.63, 3.8) is 0 Å². The molecule has 1 amide bonds. The van der Waals surface area contributed by atoms with Gasteiger partial charge in [-0.2, -0.15) is 0 Å². The molecule has 146 valence electrons. The Labute approximate surface area is 170 Å². The van der Waals surface area contributed by atoms with Crippen molar-refractivity contribution in [1.29, 1.82) is 0 Å². The average Bonchev–Trinajstić information content (AvgIpc) is 3.20. The third kappa shape index (κ3) is 6.00. The lowest BCUT2D eigenvalue weighted by atomic mass is 9.84. The van der Waals surface area contributed by atoms with Gasteiger partial charge in [-0.05, 0) is 38.0 Å². The molecule has 0 spiro atoms. The second kappa shape index (κ2) is 9.97. The van der Waals surface area contributed by atoms with Crippen LogP contribution in [0.4, 0.5) is 0 Å². The Morgan fingerprint density at radius 1 is 1.04 bits per heavy atom. The minimum atomic E-state index is -0.253. The lowest BCUT2D eigenvalue weighted by Gasteiger charge is -2.31. The van der Waals surface area contributed by atoms with E-state index in [0.29, 0.717) is 12.0 Å². The Morgan fingerprint density at radius 3 is 2.12 bits per heavy atom. The molecule has 0 saturated heterocycles. The second-order valence-electron chi connectivity index (χ2n) is 8.25. The first-order valence-corrected chi connectivity index (χ1v) is 9.65. The quantitative estimate of drug-likeness (QED) is 0.360. The highest BCUT2D eigenvalue weighted by molar-refractivity contribution is 14.0. The SMILES string of the molecule is CCNC(=NCC1(C)CCCC1)NCC1(C(=O)N(C)C)CCCC1.I. The van der Waals surface area contributed by atoms with Gasteiger partial charge in [0.1, 0.15) is 0 Å². The highest BCUT2D eigenvalue weighted by Gasteiger charge is 2.42. The summed E-state index contributed by atoms with van der Waals surface area (Å²) in [5.41, 5.74) is 0.101. The summed E-state index contributed by atoms with van der Waals surface area (Å²) in [5, 5.41) is 6.82. The highest BCUT2D eigenvalue weighted by atomic mass is 127. The zero-order chi connectivity index (χ0) is 17.6. The van der Waals surface area contributed by atoms with Crippen LogP contribution < -0.4 is 10.6 Å². The highest BCUT2D eigenvalue weighted by Crippen LogP contribution is 2.39. The lowest BCUT2D eigenvalue weighted by molar-refractivity contribution is -0.138. The molecule has 0 aromatic rings. The molecular weight excluding hydrogens is 427 g/mol. The molecule has 2 N–H and O–H groups in total. The number of carbonyl (C=O) groups is 1. The fourth-order valence-corrected chi connectivity index (χ4v) is 4.24. The van der Waals surface area contributed by atoms with Crippen molar-refractivity contribution >= 4 is 35.8 Å². The van der Waals surface area contributed by atoms with E-state index >= 15 is 0 Å². The van der Waals surface area contributed by atoms with Crippen molar-refractivity contribution in [3.8, 4) is 0 Å². The summed E-state index contributed by atoms with van der Waals surface area (Å²) < 4.78 is 0. The van der Waals surface area contributed by atoms with Crippen LogP contribution in [-0.4, -0.2) is 50.5 Å². The van der Waals surface area contributed by atoms with Crippen molar-refractivity contribution in [3.05, 3.63) is 0 Å². The number of carbonyl (C=O) groups excluding carboxylic acids is 1. The molecule has 25 heavy (non-hydrogen) atoms. The van der Waals surface area contributed by atoms with Gasteiger partial charge in [-0.25, -0.2) is 0 Å². The van der Waals surface area contributed by atoms with Crippen LogP contribution in [0.15, 0.2) is 4.99 Å². The molecule has 2 aliphatic rings. The number of nitrogens with one attached hydrogen (secondary N) is 2. The number of guanidine groups is 1. The van der Waals surface area contributed by atoms with Crippen LogP contribution in [0.2, 0.25) is 0 Å². The van der Waals surface area contributed by atoms with Crippen molar-refractivity contribution in [2.75, 3.05) is 33.7 Å². The van der Waals surface area contributed by atoms with Gasteiger partial charge in [0.05, 0.1) is 5.41 Å². The van der Waals surface area contributed by atoms with Crippen LogP contribution in [-0.2, 0) is 4.79 Å². The van der Waals surface area contributed by atoms with Crippen LogP contribution in [0.5, 0.6) is 0 Å². The standard InChI is InChI=1S/C19H36N4O.HI/c1-5-20-17(21-14-18(2)10-6-7-11-18)22-15-19(12-8-9-13-19)16(24)23(3)4;/h5-15H2,1-4H3,(H2,20,21,22);1H. The van der Waals surface area contributed by atoms with Crippen molar-refractivity contribution < 1.29 is 4.79 Å². The summed E-state index contributed by atoms with van der Waals surface area (Å²) in [4.78, 5) is 19.3. The first kappa shape index (κ1) is 22.5. The van der Waals surface area contributed by atoms with Crippen LogP contribution in [0.3, 0.4) is 0 Å². The number of amides is 1. The topological polar surface area (TPSA) is 56.7 Å². The van der Waals surface area contributed by atoms with E-state index in [1.54, 1.807) is 4.90 Å². The molecule has 0 aromatic heterocycles. The summed E-state index contributed by atoms with van der Waals surface area (Å²) in [6.45, 7) is 6.84. The third-order valence-electron chi connectivity index (χ3n) is 5.79. The number of halogens is 1. The summed E-state index contributed by atoms with van der Waals surface area (Å²) in [6, 6.07) is 0. The molecule has 0 bridgehead atoms. The van der Waals surface area contributed by atoms with Crippen LogP contribution in [0.25, 0.3) is 0 Å². The zero-order valence-corrected chi connectivity index (χ0v) is 18.8. The number of rotatable bonds is 6. The Bertz CT molecular complexity index is 452. The van der Waals surface area contributed by atoms with E-state index in [4.69, 9.17) is 4.99 Å². The van der Waals surface area contributed by atoms with Crippen molar-refractivity contribution in [2.24, 2.45) is 15.8 Å². The van der Waals surface area contributed by atoms with Crippen LogP contribution in [0.1, 0.15) is 65.2 Å². The number of hydrogen-bond acceptors (Lipinski definition) is 2. The minimum absolute atomic E-state index is 0. The maximum Gasteiger partial charge on any atom is 0.230 e. The minimum Gasteiger partial charge on any atom is -0.357 e. The normalized spacial score (nSPS) is 21.5. The molecule has 2 rings (SSSR count). The molecule has 5 nitrogen and oxygen atoms in total. The number of hydrogen-bond donors (Lipinski definition) is 2. The largest absolute Gasteiger partial charge is 0.357 e. The molecular formula is C19H37IN4O. The Hall–Kier alpha value is -0.530. The van der Waals surface area contributed by atoms with Gasteiger partial charge in [-0.3, -0.25) is 9.79 Å². The summed E-state index contributed by atoms with van der Waals surface area (Å²) in [6.07, 6.45) is 9.47. The first-order chi connectivity index (χ1) is 11.4. The van der Waals surface area contributed by atoms with E-state index < -0.39 is 0 Å². The monoisotopic (exact) mass is 464 g/mol. The van der Waals surface area contributed by atoms with Gasteiger partial charge in [0.15, 0.2) is 5.96 Å². The van der Waals surface area contributed by atoms with Gasteiger partial charge in [0, 0.05) is 33.7 Å². The molecule has 0 aliphatic heterocycles. The van der Waals surface area contributed by atoms with Crippen molar-refractivity contribution in [2.45, 2.75) is 65.2 Å². The van der Waals surface area contributed by atoms with E-state index in [-0.39, 0.29) is 35.3 Å². The van der Waals surface area contributed by atoms with Gasteiger partial charge in [-0.15, -0.1) is 24.0 Å². The molecule has 2 fully saturated rings. The molecule has 2 aliphatic carbocycles. The lowest BCUT2D eigenvalue weighted by Crippen LogP contribution is -2.49. The van der Waals surface area contributed by atoms with Crippen LogP contribution >= 0.6 is 24.0 Å². The number of nitrogens with zero attached hydrogens (tertiary/aromatic N) is 2. The summed E-state index contributed by atoms with van der Waals surface area (Å²) in [5.74, 6) is 1.12. The molecule has 0 unspecified atom stereocenters. The van der Waals surface area contributed by atoms with Crippen LogP contribution in [0, 0.1) is 10.8 Å². The first-order valence-electron chi connectivity index (χ1n) is 9.65. The predicted molar refractivity (Wildman–Crippen MR) is 116 cm³/mol.